The van der Waals surface area contributed by atoms with Gasteiger partial charge in [0, 0.05) is 30.7 Å². The van der Waals surface area contributed by atoms with Crippen LogP contribution in [0.2, 0.25) is 0 Å². The van der Waals surface area contributed by atoms with Crippen LogP contribution in [0.4, 0.5) is 0 Å². The first-order valence-electron chi connectivity index (χ1n) is 6.66. The fraction of sp³-hybridized carbons (Fsp3) is 0.133. The average Bonchev–Trinajstić information content (AvgIpc) is 3.00. The number of aryl methyl sites for hydroxylation is 1. The Hall–Kier alpha value is -2.67. The molecule has 0 aliphatic heterocycles. The van der Waals surface area contributed by atoms with E-state index in [1.54, 1.807) is 25.5 Å². The largest absolute Gasteiger partial charge is 0.347 e. The van der Waals surface area contributed by atoms with Crippen LogP contribution >= 0.6 is 11.5 Å². The van der Waals surface area contributed by atoms with Crippen LogP contribution in [0.15, 0.2) is 42.9 Å². The molecule has 0 fully saturated rings. The van der Waals surface area contributed by atoms with Crippen LogP contribution in [-0.2, 0) is 6.54 Å². The van der Waals surface area contributed by atoms with E-state index >= 15 is 0 Å². The van der Waals surface area contributed by atoms with E-state index in [0.717, 1.165) is 28.4 Å². The lowest BCUT2D eigenvalue weighted by molar-refractivity contribution is 0.0954. The number of amides is 1. The van der Waals surface area contributed by atoms with Gasteiger partial charge < -0.3 is 5.32 Å². The summed E-state index contributed by atoms with van der Waals surface area (Å²) in [5.74, 6) is -0.163. The van der Waals surface area contributed by atoms with Gasteiger partial charge in [0.05, 0.1) is 11.4 Å². The zero-order valence-electron chi connectivity index (χ0n) is 11.9. The average molecular weight is 311 g/mol. The zero-order chi connectivity index (χ0) is 15.4. The number of nitrogens with zero attached hydrogens (tertiary/aromatic N) is 4. The normalized spacial score (nSPS) is 10.4. The summed E-state index contributed by atoms with van der Waals surface area (Å²) in [6.45, 7) is 2.18. The monoisotopic (exact) mass is 311 g/mol. The van der Waals surface area contributed by atoms with Crippen molar-refractivity contribution in [2.45, 2.75) is 13.5 Å². The van der Waals surface area contributed by atoms with E-state index in [1.807, 2.05) is 24.3 Å². The van der Waals surface area contributed by atoms with Gasteiger partial charge in [-0.25, -0.2) is 0 Å². The quantitative estimate of drug-likeness (QED) is 0.799. The molecule has 0 aromatic carbocycles. The minimum atomic E-state index is -0.163. The highest BCUT2D eigenvalue weighted by Crippen LogP contribution is 2.15. The smallest absolute Gasteiger partial charge is 0.265 e. The van der Waals surface area contributed by atoms with E-state index in [1.165, 1.54) is 0 Å². The summed E-state index contributed by atoms with van der Waals surface area (Å²) in [4.78, 5) is 21.0. The number of carbonyl (C=O) groups excluding carboxylic acids is 1. The van der Waals surface area contributed by atoms with Crippen molar-refractivity contribution in [2.24, 2.45) is 0 Å². The summed E-state index contributed by atoms with van der Waals surface area (Å²) in [6, 6.07) is 7.68. The zero-order valence-corrected chi connectivity index (χ0v) is 12.7. The lowest BCUT2D eigenvalue weighted by Crippen LogP contribution is -2.22. The Labute approximate surface area is 131 Å². The molecule has 0 saturated heterocycles. The van der Waals surface area contributed by atoms with Crippen molar-refractivity contribution in [1.29, 1.82) is 0 Å². The first-order valence-corrected chi connectivity index (χ1v) is 7.44. The van der Waals surface area contributed by atoms with Crippen molar-refractivity contribution in [1.82, 2.24) is 24.9 Å². The van der Waals surface area contributed by atoms with Crippen LogP contribution in [0.3, 0.4) is 0 Å². The minimum absolute atomic E-state index is 0.163. The second-order valence-electron chi connectivity index (χ2n) is 4.66. The second-order valence-corrected chi connectivity index (χ2v) is 5.42. The Bertz CT molecular complexity index is 770. The van der Waals surface area contributed by atoms with E-state index in [0.29, 0.717) is 17.1 Å². The molecule has 7 heteroatoms. The van der Waals surface area contributed by atoms with Crippen LogP contribution < -0.4 is 5.32 Å². The molecule has 0 aliphatic carbocycles. The van der Waals surface area contributed by atoms with Gasteiger partial charge in [0.15, 0.2) is 0 Å². The number of pyridine rings is 2. The van der Waals surface area contributed by atoms with Crippen molar-refractivity contribution < 1.29 is 4.79 Å². The molecule has 1 N–H and O–H groups in total. The number of carbonyl (C=O) groups is 1. The highest BCUT2D eigenvalue weighted by molar-refractivity contribution is 7.07. The Morgan fingerprint density at radius 1 is 1.27 bits per heavy atom. The summed E-state index contributed by atoms with van der Waals surface area (Å²) < 4.78 is 3.76. The molecule has 1 amide bonds. The third-order valence-electron chi connectivity index (χ3n) is 3.09. The highest BCUT2D eigenvalue weighted by Gasteiger charge is 2.12. The van der Waals surface area contributed by atoms with Gasteiger partial charge in [-0.2, -0.15) is 0 Å². The van der Waals surface area contributed by atoms with Gasteiger partial charge in [0.2, 0.25) is 0 Å². The number of rotatable bonds is 4. The maximum Gasteiger partial charge on any atom is 0.265 e. The molecule has 0 radical (unpaired) electrons. The van der Waals surface area contributed by atoms with Gasteiger partial charge in [-0.1, -0.05) is 10.6 Å². The Morgan fingerprint density at radius 3 is 2.82 bits per heavy atom. The van der Waals surface area contributed by atoms with Crippen LogP contribution in [-0.4, -0.2) is 25.5 Å². The van der Waals surface area contributed by atoms with Crippen molar-refractivity contribution in [3.63, 3.8) is 0 Å². The van der Waals surface area contributed by atoms with Gasteiger partial charge in [-0.05, 0) is 42.2 Å². The summed E-state index contributed by atoms with van der Waals surface area (Å²) in [5, 5.41) is 6.67. The lowest BCUT2D eigenvalue weighted by atomic mass is 10.1. The summed E-state index contributed by atoms with van der Waals surface area (Å²) in [7, 11) is 0. The molecule has 3 heterocycles. The molecule has 0 unspecified atom stereocenters. The lowest BCUT2D eigenvalue weighted by Gasteiger charge is -2.05. The third-order valence-corrected chi connectivity index (χ3v) is 3.92. The molecule has 0 aliphatic rings. The topological polar surface area (TPSA) is 80.7 Å². The summed E-state index contributed by atoms with van der Waals surface area (Å²) in [6.07, 6.45) is 5.24. The molecule has 3 aromatic heterocycles. The van der Waals surface area contributed by atoms with E-state index in [4.69, 9.17) is 0 Å². The van der Waals surface area contributed by atoms with E-state index in [9.17, 15) is 4.79 Å². The number of hydrogen-bond donors (Lipinski definition) is 1. The number of aromatic nitrogens is 4. The molecule has 6 nitrogen and oxygen atoms in total. The predicted molar refractivity (Wildman–Crippen MR) is 83.3 cm³/mol. The SMILES string of the molecule is Cc1nnsc1C(=O)NCc1ccc(-c2cccnc2)nc1. The molecule has 22 heavy (non-hydrogen) atoms. The Balaban J connectivity index is 1.65. The molecule has 110 valence electrons. The molecule has 3 rings (SSSR count). The Kier molecular flexibility index (Phi) is 4.15. The van der Waals surface area contributed by atoms with Crippen LogP contribution in [0.5, 0.6) is 0 Å². The van der Waals surface area contributed by atoms with Gasteiger partial charge in [-0.15, -0.1) is 5.10 Å². The van der Waals surface area contributed by atoms with Gasteiger partial charge in [0.25, 0.3) is 5.91 Å². The van der Waals surface area contributed by atoms with Crippen molar-refractivity contribution in [3.05, 3.63) is 59.0 Å². The number of hydrogen-bond acceptors (Lipinski definition) is 6. The van der Waals surface area contributed by atoms with Crippen LogP contribution in [0.1, 0.15) is 20.9 Å². The van der Waals surface area contributed by atoms with Crippen molar-refractivity contribution >= 4 is 17.4 Å². The molecule has 0 bridgehead atoms. The van der Waals surface area contributed by atoms with Crippen molar-refractivity contribution in [2.75, 3.05) is 0 Å². The van der Waals surface area contributed by atoms with Crippen LogP contribution in [0.25, 0.3) is 11.3 Å². The fourth-order valence-corrected chi connectivity index (χ4v) is 2.49. The molecule has 0 spiro atoms. The van der Waals surface area contributed by atoms with Crippen molar-refractivity contribution in [3.8, 4) is 11.3 Å². The van der Waals surface area contributed by atoms with Crippen LogP contribution in [0, 0.1) is 6.92 Å². The van der Waals surface area contributed by atoms with Gasteiger partial charge in [0.1, 0.15) is 4.88 Å². The maximum absolute atomic E-state index is 12.0. The first-order chi connectivity index (χ1) is 10.7. The number of nitrogens with one attached hydrogen (secondary N) is 1. The molecular formula is C15H13N5OS. The summed E-state index contributed by atoms with van der Waals surface area (Å²) in [5.41, 5.74) is 3.39. The molecule has 0 atom stereocenters. The third kappa shape index (κ3) is 3.15. The van der Waals surface area contributed by atoms with E-state index in [2.05, 4.69) is 24.9 Å². The molecular weight excluding hydrogens is 298 g/mol. The highest BCUT2D eigenvalue weighted by atomic mass is 32.1. The minimum Gasteiger partial charge on any atom is -0.347 e. The predicted octanol–water partition coefficient (Wildman–Crippen LogP) is 2.23. The van der Waals surface area contributed by atoms with Gasteiger partial charge in [-0.3, -0.25) is 14.8 Å². The van der Waals surface area contributed by atoms with Gasteiger partial charge >= 0.3 is 0 Å². The molecule has 3 aromatic rings. The van der Waals surface area contributed by atoms with E-state index < -0.39 is 0 Å². The fourth-order valence-electron chi connectivity index (χ4n) is 1.92. The standard InChI is InChI=1S/C15H13N5OS/c1-10-14(22-20-19-10)15(21)18-8-11-4-5-13(17-7-11)12-3-2-6-16-9-12/h2-7,9H,8H2,1H3,(H,18,21). The first kappa shape index (κ1) is 14.3. The molecule has 0 saturated carbocycles. The maximum atomic E-state index is 12.0. The summed E-state index contributed by atoms with van der Waals surface area (Å²) >= 11 is 1.10. The van der Waals surface area contributed by atoms with E-state index in [-0.39, 0.29) is 5.91 Å². The Morgan fingerprint density at radius 2 is 2.18 bits per heavy atom. The second kappa shape index (κ2) is 6.40.